The number of hydrogen-bond donors (Lipinski definition) is 0. The van der Waals surface area contributed by atoms with Crippen LogP contribution < -0.4 is 4.90 Å². The number of carbonyl (C=O) groups is 3. The molecule has 1 aromatic rings. The SMILES string of the molecule is CC(=O)[C@@H]1[C@@H]2C(=O)N(C(C)(C)C)C(=O)[C@@H]2[C@H]2C=C(C)c3cc(C)ccc3N21. The predicted octanol–water partition coefficient (Wildman–Crippen LogP) is 2.96. The highest BCUT2D eigenvalue weighted by Crippen LogP contribution is 2.51. The average Bonchev–Trinajstić information content (AvgIpc) is 3.01. The molecule has 2 amide bonds. The molecule has 1 aromatic carbocycles. The lowest BCUT2D eigenvalue weighted by Crippen LogP contribution is -2.52. The average molecular weight is 366 g/mol. The van der Waals surface area contributed by atoms with Crippen molar-refractivity contribution in [2.45, 2.75) is 59.2 Å². The maximum absolute atomic E-state index is 13.3. The Morgan fingerprint density at radius 2 is 1.67 bits per heavy atom. The third kappa shape index (κ3) is 2.33. The second-order valence-corrected chi connectivity index (χ2v) is 9.06. The third-order valence-electron chi connectivity index (χ3n) is 6.09. The molecule has 0 aromatic heterocycles. The van der Waals surface area contributed by atoms with E-state index in [1.165, 1.54) is 11.8 Å². The molecule has 0 N–H and O–H groups in total. The fraction of sp³-hybridized carbons (Fsp3) is 0.500. The molecule has 4 rings (SSSR count). The fourth-order valence-corrected chi connectivity index (χ4v) is 5.08. The summed E-state index contributed by atoms with van der Waals surface area (Å²) in [5.74, 6) is -1.56. The molecule has 0 bridgehead atoms. The van der Waals surface area contributed by atoms with Crippen LogP contribution in [0.4, 0.5) is 5.69 Å². The smallest absolute Gasteiger partial charge is 0.236 e. The molecule has 5 nitrogen and oxygen atoms in total. The summed E-state index contributed by atoms with van der Waals surface area (Å²) in [6, 6.07) is 5.28. The van der Waals surface area contributed by atoms with E-state index in [0.29, 0.717) is 0 Å². The van der Waals surface area contributed by atoms with Gasteiger partial charge in [-0.2, -0.15) is 0 Å². The summed E-state index contributed by atoms with van der Waals surface area (Å²) >= 11 is 0. The van der Waals surface area contributed by atoms with Gasteiger partial charge in [0.2, 0.25) is 11.8 Å². The van der Waals surface area contributed by atoms with Crippen molar-refractivity contribution in [3.05, 3.63) is 35.4 Å². The maximum Gasteiger partial charge on any atom is 0.236 e. The summed E-state index contributed by atoms with van der Waals surface area (Å²) < 4.78 is 0. The number of amides is 2. The van der Waals surface area contributed by atoms with Gasteiger partial charge in [0, 0.05) is 16.8 Å². The summed E-state index contributed by atoms with van der Waals surface area (Å²) in [7, 11) is 0. The molecular formula is C22H26N2O3. The lowest BCUT2D eigenvalue weighted by Gasteiger charge is -2.39. The second kappa shape index (κ2) is 5.54. The molecule has 0 radical (unpaired) electrons. The number of ketones is 1. The number of allylic oxidation sites excluding steroid dienone is 1. The van der Waals surface area contributed by atoms with Crippen molar-refractivity contribution in [3.8, 4) is 0 Å². The summed E-state index contributed by atoms with van der Waals surface area (Å²) in [4.78, 5) is 42.6. The number of imide groups is 1. The Kier molecular flexibility index (Phi) is 3.68. The van der Waals surface area contributed by atoms with Crippen LogP contribution in [0, 0.1) is 18.8 Å². The standard InChI is InChI=1S/C22H26N2O3/c1-11-7-8-15-14(9-11)12(2)10-16-17-18(19(13(3)25)23(15)16)21(27)24(20(17)26)22(4,5)6/h7-10,16-19H,1-6H3/t16-,17-,18-,19-/m1/s1. The Hall–Kier alpha value is -2.43. The number of likely N-dealkylation sites (tertiary alicyclic amines) is 1. The highest BCUT2D eigenvalue weighted by molar-refractivity contribution is 6.11. The molecular weight excluding hydrogens is 340 g/mol. The minimum absolute atomic E-state index is 0.0658. The van der Waals surface area contributed by atoms with Crippen LogP contribution in [0.1, 0.15) is 45.7 Å². The lowest BCUT2D eigenvalue weighted by atomic mass is 9.87. The molecule has 3 heterocycles. The summed E-state index contributed by atoms with van der Waals surface area (Å²) in [5, 5.41) is 0. The van der Waals surface area contributed by atoms with Gasteiger partial charge >= 0.3 is 0 Å². The molecule has 0 aliphatic carbocycles. The van der Waals surface area contributed by atoms with Crippen molar-refractivity contribution in [2.24, 2.45) is 11.8 Å². The van der Waals surface area contributed by atoms with E-state index in [-0.39, 0.29) is 23.6 Å². The van der Waals surface area contributed by atoms with Crippen molar-refractivity contribution in [1.82, 2.24) is 4.90 Å². The molecule has 4 atom stereocenters. The Morgan fingerprint density at radius 1 is 1.04 bits per heavy atom. The molecule has 2 fully saturated rings. The number of anilines is 1. The van der Waals surface area contributed by atoms with E-state index in [1.807, 2.05) is 51.7 Å². The molecule has 5 heteroatoms. The minimum atomic E-state index is -0.615. The third-order valence-corrected chi connectivity index (χ3v) is 6.09. The highest BCUT2D eigenvalue weighted by atomic mass is 16.2. The maximum atomic E-state index is 13.3. The van der Waals surface area contributed by atoms with Crippen molar-refractivity contribution in [2.75, 3.05) is 4.90 Å². The van der Waals surface area contributed by atoms with Gasteiger partial charge < -0.3 is 4.90 Å². The summed E-state index contributed by atoms with van der Waals surface area (Å²) in [6.07, 6.45) is 2.07. The van der Waals surface area contributed by atoms with Crippen LogP contribution in [-0.2, 0) is 14.4 Å². The van der Waals surface area contributed by atoms with Gasteiger partial charge in [0.15, 0.2) is 5.78 Å². The van der Waals surface area contributed by atoms with E-state index < -0.39 is 23.4 Å². The molecule has 3 aliphatic heterocycles. The Morgan fingerprint density at radius 3 is 2.26 bits per heavy atom. The van der Waals surface area contributed by atoms with Gasteiger partial charge in [-0.15, -0.1) is 0 Å². The minimum Gasteiger partial charge on any atom is -0.353 e. The van der Waals surface area contributed by atoms with Crippen LogP contribution in [0.3, 0.4) is 0 Å². The van der Waals surface area contributed by atoms with Gasteiger partial charge in [-0.05, 0) is 59.2 Å². The quantitative estimate of drug-likeness (QED) is 0.717. The number of aryl methyl sites for hydroxylation is 1. The van der Waals surface area contributed by atoms with Crippen molar-refractivity contribution >= 4 is 28.9 Å². The number of benzene rings is 1. The molecule has 0 unspecified atom stereocenters. The zero-order valence-electron chi connectivity index (χ0n) is 16.7. The summed E-state index contributed by atoms with van der Waals surface area (Å²) in [6.45, 7) is 11.2. The van der Waals surface area contributed by atoms with Gasteiger partial charge in [0.25, 0.3) is 0 Å². The van der Waals surface area contributed by atoms with Crippen LogP contribution in [0.25, 0.3) is 5.57 Å². The number of nitrogens with zero attached hydrogens (tertiary/aromatic N) is 2. The van der Waals surface area contributed by atoms with Gasteiger partial charge in [-0.25, -0.2) is 0 Å². The van der Waals surface area contributed by atoms with E-state index >= 15 is 0 Å². The van der Waals surface area contributed by atoms with E-state index in [9.17, 15) is 14.4 Å². The first kappa shape index (κ1) is 18.0. The van der Waals surface area contributed by atoms with E-state index in [2.05, 4.69) is 12.1 Å². The van der Waals surface area contributed by atoms with E-state index in [4.69, 9.17) is 0 Å². The Labute approximate surface area is 160 Å². The lowest BCUT2D eigenvalue weighted by molar-refractivity contribution is -0.146. The van der Waals surface area contributed by atoms with Crippen LogP contribution in [0.15, 0.2) is 24.3 Å². The first-order chi connectivity index (χ1) is 12.5. The van der Waals surface area contributed by atoms with Crippen molar-refractivity contribution < 1.29 is 14.4 Å². The zero-order valence-corrected chi connectivity index (χ0v) is 16.7. The number of carbonyl (C=O) groups excluding carboxylic acids is 3. The fourth-order valence-electron chi connectivity index (χ4n) is 5.08. The number of Topliss-reactive ketones (excluding diaryl/α,β-unsaturated/α-hetero) is 1. The van der Waals surface area contributed by atoms with Crippen LogP contribution >= 0.6 is 0 Å². The molecule has 142 valence electrons. The Bertz CT molecular complexity index is 909. The van der Waals surface area contributed by atoms with E-state index in [1.54, 1.807) is 0 Å². The molecule has 3 aliphatic rings. The van der Waals surface area contributed by atoms with Gasteiger partial charge in [-0.3, -0.25) is 19.3 Å². The van der Waals surface area contributed by atoms with Gasteiger partial charge in [0.05, 0.1) is 17.9 Å². The zero-order chi connectivity index (χ0) is 19.8. The second-order valence-electron chi connectivity index (χ2n) is 9.06. The monoisotopic (exact) mass is 366 g/mol. The number of rotatable bonds is 1. The van der Waals surface area contributed by atoms with E-state index in [0.717, 1.165) is 22.4 Å². The molecule has 0 spiro atoms. The Balaban J connectivity index is 1.90. The molecule has 0 saturated carbocycles. The van der Waals surface area contributed by atoms with Crippen LogP contribution in [-0.4, -0.2) is 40.1 Å². The largest absolute Gasteiger partial charge is 0.353 e. The van der Waals surface area contributed by atoms with Gasteiger partial charge in [0.1, 0.15) is 6.04 Å². The van der Waals surface area contributed by atoms with Gasteiger partial charge in [-0.1, -0.05) is 17.7 Å². The first-order valence-corrected chi connectivity index (χ1v) is 9.50. The predicted molar refractivity (Wildman–Crippen MR) is 104 cm³/mol. The molecule has 2 saturated heterocycles. The molecule has 27 heavy (non-hydrogen) atoms. The summed E-state index contributed by atoms with van der Waals surface area (Å²) in [5.41, 5.74) is 3.66. The van der Waals surface area contributed by atoms with Crippen molar-refractivity contribution in [3.63, 3.8) is 0 Å². The van der Waals surface area contributed by atoms with Crippen LogP contribution in [0.2, 0.25) is 0 Å². The number of fused-ring (bicyclic) bond motifs is 5. The topological polar surface area (TPSA) is 57.7 Å². The first-order valence-electron chi connectivity index (χ1n) is 9.50. The number of hydrogen-bond acceptors (Lipinski definition) is 4. The normalized spacial score (nSPS) is 29.5. The highest BCUT2D eigenvalue weighted by Gasteiger charge is 2.64. The van der Waals surface area contributed by atoms with Crippen LogP contribution in [0.5, 0.6) is 0 Å². The van der Waals surface area contributed by atoms with Crippen molar-refractivity contribution in [1.29, 1.82) is 0 Å².